The number of nitrogens with two attached hydrogens (primary N) is 1. The Balaban J connectivity index is 0.000000257. The number of alkyl halides is 3. The molecule has 136 valence electrons. The summed E-state index contributed by atoms with van der Waals surface area (Å²) in [6, 6.07) is 10.2. The molecule has 0 amide bonds. The first-order valence-corrected chi connectivity index (χ1v) is 8.34. The predicted molar refractivity (Wildman–Crippen MR) is 85.8 cm³/mol. The lowest BCUT2D eigenvalue weighted by atomic mass is 10.1. The first-order chi connectivity index (χ1) is 11.4. The van der Waals surface area contributed by atoms with Gasteiger partial charge >= 0.3 is 6.18 Å². The molecule has 0 radical (unpaired) electrons. The fraction of sp³-hybridized carbons (Fsp3) is 0.188. The number of carbonyl (C=O) groups excluding carboxylic acids is 1. The standard InChI is InChI=1S/C9H8F3NO.C7H8O3S/c10-9(11,12)7-3-1-2-6(4-7)8(14)5-13;1-6-2-4-7(5-3-6)11(8,9)10/h1-4H,5,13H2;2-5H,1H3,(H,8,9,10). The minimum atomic E-state index is -4.43. The molecule has 2 rings (SSSR count). The maximum Gasteiger partial charge on any atom is 0.416 e. The Hall–Kier alpha value is -2.23. The number of rotatable bonds is 3. The van der Waals surface area contributed by atoms with E-state index in [0.29, 0.717) is 0 Å². The highest BCUT2D eigenvalue weighted by atomic mass is 32.2. The van der Waals surface area contributed by atoms with E-state index in [2.05, 4.69) is 0 Å². The summed E-state index contributed by atoms with van der Waals surface area (Å²) in [6.07, 6.45) is -4.43. The summed E-state index contributed by atoms with van der Waals surface area (Å²) in [5.74, 6) is -0.504. The molecule has 0 spiro atoms. The zero-order valence-corrected chi connectivity index (χ0v) is 13.9. The van der Waals surface area contributed by atoms with Gasteiger partial charge in [0.05, 0.1) is 17.0 Å². The molecule has 0 saturated carbocycles. The maximum atomic E-state index is 12.2. The number of aryl methyl sites for hydroxylation is 1. The molecule has 0 unspecified atom stereocenters. The van der Waals surface area contributed by atoms with Gasteiger partial charge in [-0.05, 0) is 31.2 Å². The normalized spacial score (nSPS) is 11.4. The summed E-state index contributed by atoms with van der Waals surface area (Å²) < 4.78 is 66.1. The second kappa shape index (κ2) is 8.24. The number of halogens is 3. The molecule has 3 N–H and O–H groups in total. The van der Waals surface area contributed by atoms with Crippen LogP contribution in [-0.4, -0.2) is 25.3 Å². The van der Waals surface area contributed by atoms with Gasteiger partial charge in [-0.2, -0.15) is 21.6 Å². The monoisotopic (exact) mass is 375 g/mol. The molecule has 2 aromatic carbocycles. The maximum absolute atomic E-state index is 12.2. The van der Waals surface area contributed by atoms with Gasteiger partial charge in [-0.3, -0.25) is 9.35 Å². The Morgan fingerprint density at radius 1 is 1.12 bits per heavy atom. The van der Waals surface area contributed by atoms with Gasteiger partial charge < -0.3 is 5.73 Å². The minimum absolute atomic E-state index is 0.0117. The van der Waals surface area contributed by atoms with E-state index in [-0.39, 0.29) is 17.0 Å². The van der Waals surface area contributed by atoms with Crippen LogP contribution in [0.5, 0.6) is 0 Å². The first kappa shape index (κ1) is 20.8. The second-order valence-corrected chi connectivity index (χ2v) is 6.42. The number of benzene rings is 2. The molecule has 25 heavy (non-hydrogen) atoms. The molecular weight excluding hydrogens is 359 g/mol. The van der Waals surface area contributed by atoms with Gasteiger partial charge in [0.15, 0.2) is 5.78 Å². The van der Waals surface area contributed by atoms with Crippen molar-refractivity contribution in [1.29, 1.82) is 0 Å². The van der Waals surface area contributed by atoms with Gasteiger partial charge in [0, 0.05) is 5.56 Å². The van der Waals surface area contributed by atoms with Crippen molar-refractivity contribution in [3.8, 4) is 0 Å². The Morgan fingerprint density at radius 3 is 2.12 bits per heavy atom. The van der Waals surface area contributed by atoms with E-state index >= 15 is 0 Å². The molecule has 0 aliphatic carbocycles. The number of ketones is 1. The third-order valence-corrected chi connectivity index (χ3v) is 3.88. The number of carbonyl (C=O) groups is 1. The van der Waals surface area contributed by atoms with Gasteiger partial charge in [-0.1, -0.05) is 29.8 Å². The molecule has 0 aliphatic rings. The Morgan fingerprint density at radius 2 is 1.68 bits per heavy atom. The topological polar surface area (TPSA) is 97.5 Å². The van der Waals surface area contributed by atoms with Crippen LogP contribution in [0.15, 0.2) is 53.4 Å². The summed E-state index contributed by atoms with van der Waals surface area (Å²) >= 11 is 0. The van der Waals surface area contributed by atoms with Crippen molar-refractivity contribution in [3.63, 3.8) is 0 Å². The molecule has 0 aromatic heterocycles. The van der Waals surface area contributed by atoms with Crippen molar-refractivity contribution in [2.24, 2.45) is 5.73 Å². The van der Waals surface area contributed by atoms with Crippen LogP contribution < -0.4 is 5.73 Å². The molecule has 0 atom stereocenters. The Bertz CT molecular complexity index is 831. The van der Waals surface area contributed by atoms with Crippen molar-refractivity contribution in [3.05, 3.63) is 65.2 Å². The second-order valence-electron chi connectivity index (χ2n) is 4.99. The summed E-state index contributed by atoms with van der Waals surface area (Å²) in [6.45, 7) is 1.55. The van der Waals surface area contributed by atoms with Crippen LogP contribution in [0.3, 0.4) is 0 Å². The SMILES string of the molecule is Cc1ccc(S(=O)(=O)O)cc1.NCC(=O)c1cccc(C(F)(F)F)c1. The van der Waals surface area contributed by atoms with Crippen LogP contribution >= 0.6 is 0 Å². The van der Waals surface area contributed by atoms with E-state index in [0.717, 1.165) is 17.7 Å². The largest absolute Gasteiger partial charge is 0.416 e. The molecule has 2 aromatic rings. The van der Waals surface area contributed by atoms with Gasteiger partial charge in [0.1, 0.15) is 0 Å². The third kappa shape index (κ3) is 6.65. The molecular formula is C16H16F3NO4S. The van der Waals surface area contributed by atoms with E-state index in [1.807, 2.05) is 6.92 Å². The highest BCUT2D eigenvalue weighted by Crippen LogP contribution is 2.29. The number of hydrogen-bond acceptors (Lipinski definition) is 4. The van der Waals surface area contributed by atoms with Crippen LogP contribution in [0.1, 0.15) is 21.5 Å². The molecule has 5 nitrogen and oxygen atoms in total. The number of hydrogen-bond donors (Lipinski definition) is 2. The Kier molecular flexibility index (Phi) is 6.86. The fourth-order valence-electron chi connectivity index (χ4n) is 1.70. The summed E-state index contributed by atoms with van der Waals surface area (Å²) in [7, 11) is -4.02. The van der Waals surface area contributed by atoms with Crippen LogP contribution in [0.2, 0.25) is 0 Å². The number of Topliss-reactive ketones (excluding diaryl/α,β-unsaturated/α-hetero) is 1. The van der Waals surface area contributed by atoms with Gasteiger partial charge in [-0.25, -0.2) is 0 Å². The van der Waals surface area contributed by atoms with Crippen molar-refractivity contribution in [1.82, 2.24) is 0 Å². The molecule has 9 heteroatoms. The lowest BCUT2D eigenvalue weighted by molar-refractivity contribution is -0.137. The van der Waals surface area contributed by atoms with Crippen molar-refractivity contribution in [2.45, 2.75) is 18.0 Å². The van der Waals surface area contributed by atoms with Crippen molar-refractivity contribution >= 4 is 15.9 Å². The smallest absolute Gasteiger partial charge is 0.324 e. The van der Waals surface area contributed by atoms with E-state index < -0.39 is 27.6 Å². The third-order valence-electron chi connectivity index (χ3n) is 3.02. The van der Waals surface area contributed by atoms with Gasteiger partial charge in [0.25, 0.3) is 10.1 Å². The van der Waals surface area contributed by atoms with Crippen molar-refractivity contribution in [2.75, 3.05) is 6.54 Å². The fourth-order valence-corrected chi connectivity index (χ4v) is 2.18. The summed E-state index contributed by atoms with van der Waals surface area (Å²) in [5, 5.41) is 0. The molecule has 0 fully saturated rings. The average molecular weight is 375 g/mol. The Labute approximate surface area is 143 Å². The highest BCUT2D eigenvalue weighted by molar-refractivity contribution is 7.85. The van der Waals surface area contributed by atoms with Crippen molar-refractivity contribution < 1.29 is 30.9 Å². The predicted octanol–water partition coefficient (Wildman–Crippen LogP) is 3.09. The van der Waals surface area contributed by atoms with E-state index in [1.165, 1.54) is 24.3 Å². The minimum Gasteiger partial charge on any atom is -0.324 e. The summed E-state index contributed by atoms with van der Waals surface area (Å²) in [4.78, 5) is 10.9. The highest BCUT2D eigenvalue weighted by Gasteiger charge is 2.30. The molecule has 0 aliphatic heterocycles. The molecule has 0 heterocycles. The zero-order chi connectivity index (χ0) is 19.3. The van der Waals surface area contributed by atoms with E-state index in [1.54, 1.807) is 12.1 Å². The average Bonchev–Trinajstić information content (AvgIpc) is 2.53. The van der Waals surface area contributed by atoms with Crippen LogP contribution in [0, 0.1) is 6.92 Å². The summed E-state index contributed by atoms with van der Waals surface area (Å²) in [5.41, 5.74) is 5.14. The lowest BCUT2D eigenvalue weighted by Gasteiger charge is -2.07. The first-order valence-electron chi connectivity index (χ1n) is 6.90. The van der Waals surface area contributed by atoms with Gasteiger partial charge in [0.2, 0.25) is 0 Å². The molecule has 0 bridgehead atoms. The lowest BCUT2D eigenvalue weighted by Crippen LogP contribution is -2.14. The van der Waals surface area contributed by atoms with Crippen LogP contribution in [0.25, 0.3) is 0 Å². The van der Waals surface area contributed by atoms with E-state index in [4.69, 9.17) is 10.3 Å². The zero-order valence-electron chi connectivity index (χ0n) is 13.1. The quantitative estimate of drug-likeness (QED) is 0.635. The van der Waals surface area contributed by atoms with Crippen LogP contribution in [0.4, 0.5) is 13.2 Å². The van der Waals surface area contributed by atoms with E-state index in [9.17, 15) is 26.4 Å². The van der Waals surface area contributed by atoms with Crippen LogP contribution in [-0.2, 0) is 16.3 Å². The molecule has 0 saturated heterocycles. The van der Waals surface area contributed by atoms with Gasteiger partial charge in [-0.15, -0.1) is 0 Å².